The molecule has 1 N–H and O–H groups in total. The first-order chi connectivity index (χ1) is 14.2. The molecule has 2 amide bonds. The van der Waals surface area contributed by atoms with Crippen LogP contribution in [0.5, 0.6) is 0 Å². The lowest BCUT2D eigenvalue weighted by Gasteiger charge is -2.33. The first-order valence-electron chi connectivity index (χ1n) is 9.70. The second-order valence-corrected chi connectivity index (χ2v) is 9.05. The highest BCUT2D eigenvalue weighted by atomic mass is 35.5. The molecule has 1 aromatic heterocycles. The number of nitrogens with one attached hydrogen (secondary N) is 1. The Morgan fingerprint density at radius 2 is 1.80 bits per heavy atom. The molecule has 1 unspecified atom stereocenters. The number of thiophene rings is 1. The Labute approximate surface area is 182 Å². The van der Waals surface area contributed by atoms with E-state index in [2.05, 4.69) is 5.32 Å². The van der Waals surface area contributed by atoms with Crippen LogP contribution in [0.2, 0.25) is 5.02 Å². The van der Waals surface area contributed by atoms with Crippen molar-refractivity contribution in [1.29, 1.82) is 0 Å². The molecule has 1 atom stereocenters. The van der Waals surface area contributed by atoms with E-state index in [4.69, 9.17) is 11.6 Å². The van der Waals surface area contributed by atoms with Gasteiger partial charge in [-0.15, -0.1) is 11.3 Å². The zero-order valence-corrected chi connectivity index (χ0v) is 17.9. The molecule has 0 saturated heterocycles. The van der Waals surface area contributed by atoms with Crippen molar-refractivity contribution in [3.8, 4) is 0 Å². The Morgan fingerprint density at radius 3 is 2.37 bits per heavy atom. The van der Waals surface area contributed by atoms with Crippen molar-refractivity contribution in [2.75, 3.05) is 4.90 Å². The molecule has 162 valence electrons. The fourth-order valence-corrected chi connectivity index (χ4v) is 4.85. The molecule has 1 aliphatic rings. The molecule has 1 fully saturated rings. The van der Waals surface area contributed by atoms with Crippen molar-refractivity contribution in [2.45, 2.75) is 57.3 Å². The fourth-order valence-electron chi connectivity index (χ4n) is 3.65. The quantitative estimate of drug-likeness (QED) is 0.616. The number of anilines is 1. The summed E-state index contributed by atoms with van der Waals surface area (Å²) in [5, 5.41) is 2.82. The minimum atomic E-state index is -5.17. The monoisotopic (exact) mass is 458 g/mol. The maximum absolute atomic E-state index is 13.6. The highest BCUT2D eigenvalue weighted by Crippen LogP contribution is 2.38. The van der Waals surface area contributed by atoms with Crippen LogP contribution in [0.3, 0.4) is 0 Å². The van der Waals surface area contributed by atoms with Gasteiger partial charge in [0.1, 0.15) is 0 Å². The van der Waals surface area contributed by atoms with Gasteiger partial charge in [0.15, 0.2) is 6.04 Å². The molecule has 1 saturated carbocycles. The van der Waals surface area contributed by atoms with Gasteiger partial charge in [0.05, 0.1) is 10.7 Å². The molecule has 3 rings (SSSR count). The Kier molecular flexibility index (Phi) is 7.08. The minimum absolute atomic E-state index is 0.0427. The van der Waals surface area contributed by atoms with Crippen molar-refractivity contribution >= 4 is 40.4 Å². The zero-order valence-electron chi connectivity index (χ0n) is 16.3. The molecule has 0 aliphatic heterocycles. The number of halogens is 4. The number of carbonyl (C=O) groups is 2. The summed E-state index contributed by atoms with van der Waals surface area (Å²) in [4.78, 5) is 27.4. The van der Waals surface area contributed by atoms with E-state index in [0.29, 0.717) is 9.78 Å². The normalized spacial score (nSPS) is 16.2. The van der Waals surface area contributed by atoms with Crippen molar-refractivity contribution in [2.24, 2.45) is 0 Å². The third kappa shape index (κ3) is 5.16. The van der Waals surface area contributed by atoms with Gasteiger partial charge in [0.25, 0.3) is 0 Å². The third-order valence-electron chi connectivity index (χ3n) is 5.06. The number of aryl methyl sites for hydroxylation is 1. The van der Waals surface area contributed by atoms with Crippen molar-refractivity contribution in [3.05, 3.63) is 51.2 Å². The molecule has 30 heavy (non-hydrogen) atoms. The standard InChI is InChI=1S/C21H22ClF3N2O2S/c1-13-11-12-17(30-13)18(19(28)26-14-7-3-2-4-8-14)27(20(29)21(23,24)25)16-10-6-5-9-15(16)22/h5-6,9-12,14,18H,2-4,7-8H2,1H3,(H,26,28). The van der Waals surface area contributed by atoms with Gasteiger partial charge in [0.2, 0.25) is 5.91 Å². The molecule has 4 nitrogen and oxygen atoms in total. The number of carbonyl (C=O) groups excluding carboxylic acids is 2. The second-order valence-electron chi connectivity index (χ2n) is 7.32. The average Bonchev–Trinajstić information content (AvgIpc) is 3.12. The molecular formula is C21H22ClF3N2O2S. The van der Waals surface area contributed by atoms with Gasteiger partial charge < -0.3 is 5.32 Å². The molecule has 1 aromatic carbocycles. The van der Waals surface area contributed by atoms with Crippen molar-refractivity contribution in [3.63, 3.8) is 0 Å². The highest BCUT2D eigenvalue weighted by Gasteiger charge is 2.48. The van der Waals surface area contributed by atoms with E-state index < -0.39 is 24.0 Å². The predicted octanol–water partition coefficient (Wildman–Crippen LogP) is 5.80. The lowest BCUT2D eigenvalue weighted by molar-refractivity contribution is -0.171. The summed E-state index contributed by atoms with van der Waals surface area (Å²) in [7, 11) is 0. The number of rotatable bonds is 5. The summed E-state index contributed by atoms with van der Waals surface area (Å²) in [5.74, 6) is -2.77. The van der Waals surface area contributed by atoms with Crippen LogP contribution in [0.15, 0.2) is 36.4 Å². The Morgan fingerprint density at radius 1 is 1.13 bits per heavy atom. The van der Waals surface area contributed by atoms with Gasteiger partial charge in [-0.1, -0.05) is 43.0 Å². The smallest absolute Gasteiger partial charge is 0.351 e. The number of amides is 2. The second kappa shape index (κ2) is 9.39. The Balaban J connectivity index is 2.07. The summed E-state index contributed by atoms with van der Waals surface area (Å²) >= 11 is 7.33. The summed E-state index contributed by atoms with van der Waals surface area (Å²) < 4.78 is 40.7. The van der Waals surface area contributed by atoms with E-state index in [1.807, 2.05) is 0 Å². The van der Waals surface area contributed by atoms with Crippen LogP contribution in [0.1, 0.15) is 47.9 Å². The van der Waals surface area contributed by atoms with Crippen LogP contribution >= 0.6 is 22.9 Å². The summed E-state index contributed by atoms with van der Waals surface area (Å²) in [6.07, 6.45) is -0.678. The Bertz CT molecular complexity index is 910. The largest absolute Gasteiger partial charge is 0.471 e. The minimum Gasteiger partial charge on any atom is -0.351 e. The number of benzene rings is 1. The average molecular weight is 459 g/mol. The van der Waals surface area contributed by atoms with E-state index in [-0.39, 0.29) is 16.8 Å². The summed E-state index contributed by atoms with van der Waals surface area (Å²) in [6, 6.07) is 7.43. The first-order valence-corrected chi connectivity index (χ1v) is 10.9. The van der Waals surface area contributed by atoms with E-state index in [0.717, 1.165) is 37.0 Å². The first kappa shape index (κ1) is 22.6. The van der Waals surface area contributed by atoms with Crippen LogP contribution in [0, 0.1) is 6.92 Å². The maximum Gasteiger partial charge on any atom is 0.471 e. The van der Waals surface area contributed by atoms with Crippen molar-refractivity contribution < 1.29 is 22.8 Å². The van der Waals surface area contributed by atoms with Crippen LogP contribution < -0.4 is 10.2 Å². The topological polar surface area (TPSA) is 49.4 Å². The predicted molar refractivity (Wildman–Crippen MR) is 112 cm³/mol. The number of alkyl halides is 3. The molecule has 1 aliphatic carbocycles. The molecule has 0 spiro atoms. The van der Waals surface area contributed by atoms with Crippen LogP contribution in [-0.4, -0.2) is 24.0 Å². The number of nitrogens with zero attached hydrogens (tertiary/aromatic N) is 1. The third-order valence-corrected chi connectivity index (χ3v) is 6.43. The SMILES string of the molecule is Cc1ccc(C(C(=O)NC2CCCCC2)N(C(=O)C(F)(F)F)c2ccccc2Cl)s1. The molecule has 2 aromatic rings. The lowest BCUT2D eigenvalue weighted by Crippen LogP contribution is -2.50. The molecule has 9 heteroatoms. The zero-order chi connectivity index (χ0) is 21.9. The summed E-state index contributed by atoms with van der Waals surface area (Å²) in [6.45, 7) is 1.79. The fraction of sp³-hybridized carbons (Fsp3) is 0.429. The van der Waals surface area contributed by atoms with Crippen LogP contribution in [-0.2, 0) is 9.59 Å². The molecule has 1 heterocycles. The highest BCUT2D eigenvalue weighted by molar-refractivity contribution is 7.12. The number of hydrogen-bond acceptors (Lipinski definition) is 3. The maximum atomic E-state index is 13.6. The van der Waals surface area contributed by atoms with Gasteiger partial charge in [-0.3, -0.25) is 14.5 Å². The van der Waals surface area contributed by atoms with Gasteiger partial charge in [-0.25, -0.2) is 0 Å². The number of para-hydroxylation sites is 1. The van der Waals surface area contributed by atoms with Gasteiger partial charge in [-0.05, 0) is 44.0 Å². The number of hydrogen-bond donors (Lipinski definition) is 1. The van der Waals surface area contributed by atoms with Crippen molar-refractivity contribution in [1.82, 2.24) is 5.32 Å². The van der Waals surface area contributed by atoms with Crippen LogP contribution in [0.4, 0.5) is 18.9 Å². The van der Waals surface area contributed by atoms with Crippen LogP contribution in [0.25, 0.3) is 0 Å². The van der Waals surface area contributed by atoms with E-state index in [1.165, 1.54) is 29.5 Å². The van der Waals surface area contributed by atoms with Gasteiger partial charge >= 0.3 is 12.1 Å². The van der Waals surface area contributed by atoms with E-state index in [9.17, 15) is 22.8 Å². The molecule has 0 radical (unpaired) electrons. The molecular weight excluding hydrogens is 437 g/mol. The Hall–Kier alpha value is -2.06. The lowest BCUT2D eigenvalue weighted by atomic mass is 9.95. The summed E-state index contributed by atoms with van der Waals surface area (Å²) in [5.41, 5.74) is -0.156. The van der Waals surface area contributed by atoms with E-state index in [1.54, 1.807) is 25.1 Å². The van der Waals surface area contributed by atoms with E-state index >= 15 is 0 Å². The van der Waals surface area contributed by atoms with Gasteiger partial charge in [-0.2, -0.15) is 13.2 Å². The molecule has 0 bridgehead atoms. The van der Waals surface area contributed by atoms with Gasteiger partial charge in [0, 0.05) is 15.8 Å².